The summed E-state index contributed by atoms with van der Waals surface area (Å²) in [7, 11) is 0. The number of halogens is 3. The summed E-state index contributed by atoms with van der Waals surface area (Å²) in [6.07, 6.45) is 0. The predicted octanol–water partition coefficient (Wildman–Crippen LogP) is 4.56. The van der Waals surface area contributed by atoms with Crippen LogP contribution in [0, 0.1) is 6.92 Å². The first-order chi connectivity index (χ1) is 9.95. The van der Waals surface area contributed by atoms with Crippen molar-refractivity contribution < 1.29 is 13.5 Å². The van der Waals surface area contributed by atoms with Crippen molar-refractivity contribution in [2.45, 2.75) is 33.0 Å². The van der Waals surface area contributed by atoms with E-state index in [1.165, 1.54) is 12.1 Å². The minimum absolute atomic E-state index is 0.0158. The van der Waals surface area contributed by atoms with Crippen LogP contribution in [-0.4, -0.2) is 11.6 Å². The fourth-order valence-electron chi connectivity index (χ4n) is 1.82. The van der Waals surface area contributed by atoms with Crippen molar-refractivity contribution in [3.05, 3.63) is 44.9 Å². The SMILES string of the molecule is Cc1csc(C(C)NCc2cc(Cl)ccc2OC(F)F)n1. The number of ether oxygens (including phenoxy) is 1. The zero-order chi connectivity index (χ0) is 15.4. The lowest BCUT2D eigenvalue weighted by atomic mass is 10.2. The fourth-order valence-corrected chi connectivity index (χ4v) is 2.84. The molecule has 1 atom stereocenters. The van der Waals surface area contributed by atoms with Crippen molar-refractivity contribution in [1.29, 1.82) is 0 Å². The van der Waals surface area contributed by atoms with Crippen molar-refractivity contribution in [3.63, 3.8) is 0 Å². The van der Waals surface area contributed by atoms with Gasteiger partial charge in [-0.2, -0.15) is 8.78 Å². The number of hydrogen-bond acceptors (Lipinski definition) is 4. The van der Waals surface area contributed by atoms with Crippen LogP contribution in [0.4, 0.5) is 8.78 Å². The minimum Gasteiger partial charge on any atom is -0.434 e. The standard InChI is InChI=1S/C14H15ClF2N2OS/c1-8-7-21-13(19-8)9(2)18-6-10-5-11(15)3-4-12(10)20-14(16)17/h3-5,7,9,14,18H,6H2,1-2H3. The van der Waals surface area contributed by atoms with E-state index in [2.05, 4.69) is 15.0 Å². The molecule has 0 saturated carbocycles. The Morgan fingerprint density at radius 3 is 2.81 bits per heavy atom. The van der Waals surface area contributed by atoms with Gasteiger partial charge in [0.15, 0.2) is 0 Å². The van der Waals surface area contributed by atoms with Gasteiger partial charge in [0, 0.05) is 28.2 Å². The lowest BCUT2D eigenvalue weighted by Gasteiger charge is -2.15. The number of nitrogens with zero attached hydrogens (tertiary/aromatic N) is 1. The second kappa shape index (κ2) is 7.15. The number of alkyl halides is 2. The molecular weight excluding hydrogens is 318 g/mol. The molecule has 0 aliphatic heterocycles. The quantitative estimate of drug-likeness (QED) is 0.842. The largest absolute Gasteiger partial charge is 0.434 e. The van der Waals surface area contributed by atoms with Gasteiger partial charge in [-0.1, -0.05) is 11.6 Å². The van der Waals surface area contributed by atoms with Crippen LogP contribution in [0.2, 0.25) is 5.02 Å². The molecule has 21 heavy (non-hydrogen) atoms. The average molecular weight is 333 g/mol. The van der Waals surface area contributed by atoms with E-state index in [9.17, 15) is 8.78 Å². The maximum Gasteiger partial charge on any atom is 0.387 e. The molecule has 0 saturated heterocycles. The summed E-state index contributed by atoms with van der Waals surface area (Å²) in [4.78, 5) is 4.39. The molecular formula is C14H15ClF2N2OS. The Bertz CT molecular complexity index is 606. The van der Waals surface area contributed by atoms with Crippen LogP contribution in [0.15, 0.2) is 23.6 Å². The summed E-state index contributed by atoms with van der Waals surface area (Å²) in [5.74, 6) is 0.129. The van der Waals surface area contributed by atoms with Crippen LogP contribution < -0.4 is 10.1 Å². The third-order valence-corrected chi connectivity index (χ3v) is 4.22. The Morgan fingerprint density at radius 2 is 2.19 bits per heavy atom. The lowest BCUT2D eigenvalue weighted by Crippen LogP contribution is -2.19. The van der Waals surface area contributed by atoms with Gasteiger partial charge in [0.2, 0.25) is 0 Å². The molecule has 0 aliphatic rings. The molecule has 0 aliphatic carbocycles. The third kappa shape index (κ3) is 4.62. The molecule has 2 rings (SSSR count). The molecule has 0 amide bonds. The van der Waals surface area contributed by atoms with Gasteiger partial charge in [0.05, 0.1) is 6.04 Å². The first kappa shape index (κ1) is 16.1. The molecule has 1 heterocycles. The molecule has 0 fully saturated rings. The Morgan fingerprint density at radius 1 is 1.43 bits per heavy atom. The molecule has 0 spiro atoms. The topological polar surface area (TPSA) is 34.1 Å². The Kier molecular flexibility index (Phi) is 5.50. The van der Waals surface area contributed by atoms with Gasteiger partial charge in [0.25, 0.3) is 0 Å². The Hall–Kier alpha value is -1.24. The maximum absolute atomic E-state index is 12.4. The van der Waals surface area contributed by atoms with Crippen LogP contribution in [0.5, 0.6) is 5.75 Å². The smallest absolute Gasteiger partial charge is 0.387 e. The second-order valence-electron chi connectivity index (χ2n) is 4.56. The second-order valence-corrected chi connectivity index (χ2v) is 5.89. The number of thiazole rings is 1. The monoisotopic (exact) mass is 332 g/mol. The van der Waals surface area contributed by atoms with E-state index >= 15 is 0 Å². The lowest BCUT2D eigenvalue weighted by molar-refractivity contribution is -0.0505. The van der Waals surface area contributed by atoms with Crippen molar-refractivity contribution in [2.24, 2.45) is 0 Å². The molecule has 0 radical (unpaired) electrons. The van der Waals surface area contributed by atoms with Crippen LogP contribution >= 0.6 is 22.9 Å². The van der Waals surface area contributed by atoms with E-state index in [0.717, 1.165) is 10.7 Å². The summed E-state index contributed by atoms with van der Waals surface area (Å²) < 4.78 is 29.3. The number of nitrogens with one attached hydrogen (secondary N) is 1. The van der Waals surface area contributed by atoms with E-state index in [1.807, 2.05) is 19.2 Å². The predicted molar refractivity (Wildman–Crippen MR) is 80.2 cm³/mol. The summed E-state index contributed by atoms with van der Waals surface area (Å²) >= 11 is 7.47. The third-order valence-electron chi connectivity index (χ3n) is 2.84. The van der Waals surface area contributed by atoms with E-state index in [1.54, 1.807) is 17.4 Å². The highest BCUT2D eigenvalue weighted by molar-refractivity contribution is 7.09. The molecule has 1 N–H and O–H groups in total. The molecule has 3 nitrogen and oxygen atoms in total. The Balaban J connectivity index is 2.06. The summed E-state index contributed by atoms with van der Waals surface area (Å²) in [5, 5.41) is 6.63. The molecule has 1 aromatic heterocycles. The molecule has 1 unspecified atom stereocenters. The minimum atomic E-state index is -2.86. The van der Waals surface area contributed by atoms with Crippen molar-refractivity contribution in [2.75, 3.05) is 0 Å². The summed E-state index contributed by atoms with van der Waals surface area (Å²) in [5.41, 5.74) is 1.55. The van der Waals surface area contributed by atoms with E-state index in [4.69, 9.17) is 11.6 Å². The highest BCUT2D eigenvalue weighted by atomic mass is 35.5. The average Bonchev–Trinajstić information content (AvgIpc) is 2.85. The number of benzene rings is 1. The summed E-state index contributed by atoms with van der Waals surface area (Å²) in [6.45, 7) is 1.40. The first-order valence-electron chi connectivity index (χ1n) is 6.34. The molecule has 114 valence electrons. The molecule has 2 aromatic rings. The van der Waals surface area contributed by atoms with Crippen LogP contribution in [0.3, 0.4) is 0 Å². The van der Waals surface area contributed by atoms with Crippen molar-refractivity contribution in [1.82, 2.24) is 10.3 Å². The number of aromatic nitrogens is 1. The fraction of sp³-hybridized carbons (Fsp3) is 0.357. The molecule has 0 bridgehead atoms. The molecule has 7 heteroatoms. The van der Waals surface area contributed by atoms with Crippen LogP contribution in [0.1, 0.15) is 29.2 Å². The Labute approximate surface area is 130 Å². The highest BCUT2D eigenvalue weighted by Gasteiger charge is 2.13. The van der Waals surface area contributed by atoms with Gasteiger partial charge < -0.3 is 10.1 Å². The van der Waals surface area contributed by atoms with Crippen molar-refractivity contribution in [3.8, 4) is 5.75 Å². The zero-order valence-electron chi connectivity index (χ0n) is 11.6. The number of rotatable bonds is 6. The van der Waals surface area contributed by atoms with Gasteiger partial charge in [-0.3, -0.25) is 0 Å². The zero-order valence-corrected chi connectivity index (χ0v) is 13.1. The highest BCUT2D eigenvalue weighted by Crippen LogP contribution is 2.25. The van der Waals surface area contributed by atoms with Gasteiger partial charge in [-0.05, 0) is 32.0 Å². The van der Waals surface area contributed by atoms with Crippen LogP contribution in [-0.2, 0) is 6.54 Å². The van der Waals surface area contributed by atoms with E-state index in [-0.39, 0.29) is 11.8 Å². The van der Waals surface area contributed by atoms with Gasteiger partial charge in [-0.25, -0.2) is 4.98 Å². The first-order valence-corrected chi connectivity index (χ1v) is 7.60. The number of aryl methyl sites for hydroxylation is 1. The summed E-state index contributed by atoms with van der Waals surface area (Å²) in [6, 6.07) is 4.61. The van der Waals surface area contributed by atoms with Gasteiger partial charge in [-0.15, -0.1) is 11.3 Å². The normalized spacial score (nSPS) is 12.7. The maximum atomic E-state index is 12.4. The van der Waals surface area contributed by atoms with Gasteiger partial charge in [0.1, 0.15) is 10.8 Å². The molecule has 1 aromatic carbocycles. The van der Waals surface area contributed by atoms with E-state index < -0.39 is 6.61 Å². The van der Waals surface area contributed by atoms with Crippen LogP contribution in [0.25, 0.3) is 0 Å². The number of hydrogen-bond donors (Lipinski definition) is 1. The van der Waals surface area contributed by atoms with E-state index in [0.29, 0.717) is 17.1 Å². The van der Waals surface area contributed by atoms with Gasteiger partial charge >= 0.3 is 6.61 Å². The van der Waals surface area contributed by atoms with Crippen molar-refractivity contribution >= 4 is 22.9 Å².